The van der Waals surface area contributed by atoms with E-state index in [2.05, 4.69) is 4.74 Å². The molecule has 6 heteroatoms. The number of methoxy groups -OCH3 is 1. The second-order valence-corrected chi connectivity index (χ2v) is 8.09. The van der Waals surface area contributed by atoms with E-state index in [-0.39, 0.29) is 16.5 Å². The summed E-state index contributed by atoms with van der Waals surface area (Å²) < 4.78 is 32.5. The van der Waals surface area contributed by atoms with Crippen LogP contribution in [0.1, 0.15) is 40.4 Å². The van der Waals surface area contributed by atoms with Crippen molar-refractivity contribution in [2.45, 2.75) is 30.7 Å². The molecule has 1 aliphatic heterocycles. The Labute approximate surface area is 148 Å². The minimum atomic E-state index is -3.68. The molecule has 1 fully saturated rings. The van der Waals surface area contributed by atoms with Gasteiger partial charge in [-0.1, -0.05) is 35.9 Å². The van der Waals surface area contributed by atoms with Crippen LogP contribution in [-0.4, -0.2) is 32.3 Å². The molecule has 0 N–H and O–H groups in total. The molecule has 0 amide bonds. The normalized spacial score (nSPS) is 18.2. The maximum atomic E-state index is 13.1. The maximum Gasteiger partial charge on any atom is 0.337 e. The molecule has 0 unspecified atom stereocenters. The van der Waals surface area contributed by atoms with Gasteiger partial charge in [-0.25, -0.2) is 13.2 Å². The van der Waals surface area contributed by atoms with Gasteiger partial charge in [0.2, 0.25) is 10.0 Å². The zero-order chi connectivity index (χ0) is 18.0. The summed E-state index contributed by atoms with van der Waals surface area (Å²) in [5.41, 5.74) is 2.37. The highest BCUT2D eigenvalue weighted by Gasteiger charge is 2.36. The van der Waals surface area contributed by atoms with Gasteiger partial charge in [-0.2, -0.15) is 4.31 Å². The average Bonchev–Trinajstić information content (AvgIpc) is 3.12. The van der Waals surface area contributed by atoms with Crippen molar-refractivity contribution in [3.63, 3.8) is 0 Å². The number of carbonyl (C=O) groups excluding carboxylic acids is 1. The van der Waals surface area contributed by atoms with Gasteiger partial charge in [0.15, 0.2) is 0 Å². The van der Waals surface area contributed by atoms with Crippen molar-refractivity contribution < 1.29 is 17.9 Å². The van der Waals surface area contributed by atoms with Gasteiger partial charge < -0.3 is 4.74 Å². The first-order valence-corrected chi connectivity index (χ1v) is 9.64. The third-order valence-corrected chi connectivity index (χ3v) is 6.43. The van der Waals surface area contributed by atoms with Crippen LogP contribution in [-0.2, 0) is 14.8 Å². The molecule has 1 heterocycles. The number of carbonyl (C=O) groups is 1. The predicted molar refractivity (Wildman–Crippen MR) is 94.8 cm³/mol. The first-order valence-electron chi connectivity index (χ1n) is 8.20. The fourth-order valence-electron chi connectivity index (χ4n) is 3.19. The lowest BCUT2D eigenvalue weighted by Gasteiger charge is -2.24. The summed E-state index contributed by atoms with van der Waals surface area (Å²) in [6.07, 6.45) is 1.60. The van der Waals surface area contributed by atoms with Crippen molar-refractivity contribution >= 4 is 16.0 Å². The van der Waals surface area contributed by atoms with E-state index in [1.165, 1.54) is 23.5 Å². The summed E-state index contributed by atoms with van der Waals surface area (Å²) in [4.78, 5) is 11.8. The molecule has 2 aromatic rings. The molecule has 0 spiro atoms. The predicted octanol–water partition coefficient (Wildman–Crippen LogP) is 3.31. The number of nitrogens with zero attached hydrogens (tertiary/aromatic N) is 1. The van der Waals surface area contributed by atoms with Crippen LogP contribution >= 0.6 is 0 Å². The Morgan fingerprint density at radius 2 is 1.88 bits per heavy atom. The van der Waals surface area contributed by atoms with Crippen LogP contribution in [0.4, 0.5) is 0 Å². The zero-order valence-corrected chi connectivity index (χ0v) is 15.1. The first-order chi connectivity index (χ1) is 11.9. The van der Waals surface area contributed by atoms with Gasteiger partial charge in [0.25, 0.3) is 0 Å². The van der Waals surface area contributed by atoms with Crippen molar-refractivity contribution in [2.75, 3.05) is 13.7 Å². The standard InChI is InChI=1S/C19H21NO4S/c1-14-8-10-15(11-9-14)18-7-4-12-20(18)25(22,23)17-6-3-5-16(13-17)19(21)24-2/h3,5-6,8-11,13,18H,4,7,12H2,1-2H3/t18-/m0/s1. The summed E-state index contributed by atoms with van der Waals surface area (Å²) in [7, 11) is -2.41. The third kappa shape index (κ3) is 3.45. The van der Waals surface area contributed by atoms with E-state index >= 15 is 0 Å². The van der Waals surface area contributed by atoms with Crippen LogP contribution < -0.4 is 0 Å². The van der Waals surface area contributed by atoms with Crippen LogP contribution in [0, 0.1) is 6.92 Å². The summed E-state index contributed by atoms with van der Waals surface area (Å²) >= 11 is 0. The molecule has 5 nitrogen and oxygen atoms in total. The number of ether oxygens (including phenoxy) is 1. The minimum Gasteiger partial charge on any atom is -0.465 e. The molecule has 0 radical (unpaired) electrons. The minimum absolute atomic E-state index is 0.120. The van der Waals surface area contributed by atoms with Gasteiger partial charge in [0.1, 0.15) is 0 Å². The summed E-state index contributed by atoms with van der Waals surface area (Å²) in [5, 5.41) is 0. The molecule has 2 aromatic carbocycles. The van der Waals surface area contributed by atoms with Crippen molar-refractivity contribution in [3.05, 3.63) is 65.2 Å². The highest BCUT2D eigenvalue weighted by atomic mass is 32.2. The highest BCUT2D eigenvalue weighted by Crippen LogP contribution is 2.36. The van der Waals surface area contributed by atoms with Crippen molar-refractivity contribution in [1.29, 1.82) is 0 Å². The molecule has 0 saturated carbocycles. The molecular weight excluding hydrogens is 338 g/mol. The van der Waals surface area contributed by atoms with Crippen molar-refractivity contribution in [3.8, 4) is 0 Å². The molecule has 0 bridgehead atoms. The van der Waals surface area contributed by atoms with Gasteiger partial charge in [-0.3, -0.25) is 0 Å². The van der Waals surface area contributed by atoms with Gasteiger partial charge in [-0.15, -0.1) is 0 Å². The average molecular weight is 359 g/mol. The van der Waals surface area contributed by atoms with Gasteiger partial charge in [0.05, 0.1) is 23.6 Å². The van der Waals surface area contributed by atoms with E-state index in [0.29, 0.717) is 6.54 Å². The molecule has 1 atom stereocenters. The lowest BCUT2D eigenvalue weighted by molar-refractivity contribution is 0.0600. The Bertz CT molecular complexity index is 875. The van der Waals surface area contributed by atoms with Crippen LogP contribution in [0.5, 0.6) is 0 Å². The van der Waals surface area contributed by atoms with Crippen LogP contribution in [0.25, 0.3) is 0 Å². The molecule has 1 saturated heterocycles. The van der Waals surface area contributed by atoms with Gasteiger partial charge >= 0.3 is 5.97 Å². The fraction of sp³-hybridized carbons (Fsp3) is 0.316. The first kappa shape index (κ1) is 17.6. The molecular formula is C19H21NO4S. The molecule has 0 aromatic heterocycles. The van der Waals surface area contributed by atoms with Gasteiger partial charge in [0, 0.05) is 6.54 Å². The Kier molecular flexibility index (Phi) is 4.92. The smallest absolute Gasteiger partial charge is 0.337 e. The maximum absolute atomic E-state index is 13.1. The van der Waals surface area contributed by atoms with E-state index < -0.39 is 16.0 Å². The topological polar surface area (TPSA) is 63.7 Å². The highest BCUT2D eigenvalue weighted by molar-refractivity contribution is 7.89. The van der Waals surface area contributed by atoms with Crippen LogP contribution in [0.3, 0.4) is 0 Å². The van der Waals surface area contributed by atoms with E-state index in [0.717, 1.165) is 24.0 Å². The quantitative estimate of drug-likeness (QED) is 0.786. The van der Waals surface area contributed by atoms with E-state index in [4.69, 9.17) is 0 Å². The Morgan fingerprint density at radius 1 is 1.16 bits per heavy atom. The fourth-order valence-corrected chi connectivity index (χ4v) is 4.92. The summed E-state index contributed by atoms with van der Waals surface area (Å²) in [6, 6.07) is 13.8. The monoisotopic (exact) mass is 359 g/mol. The number of esters is 1. The Morgan fingerprint density at radius 3 is 2.56 bits per heavy atom. The lowest BCUT2D eigenvalue weighted by atomic mass is 10.0. The van der Waals surface area contributed by atoms with Gasteiger partial charge in [-0.05, 0) is 43.5 Å². The van der Waals surface area contributed by atoms with E-state index in [9.17, 15) is 13.2 Å². The zero-order valence-electron chi connectivity index (χ0n) is 14.3. The van der Waals surface area contributed by atoms with E-state index in [1.54, 1.807) is 12.1 Å². The molecule has 0 aliphatic carbocycles. The molecule has 132 valence electrons. The Hall–Kier alpha value is -2.18. The number of hydrogen-bond acceptors (Lipinski definition) is 4. The number of benzene rings is 2. The molecule has 3 rings (SSSR count). The second kappa shape index (κ2) is 6.98. The molecule has 25 heavy (non-hydrogen) atoms. The van der Waals surface area contributed by atoms with Crippen molar-refractivity contribution in [1.82, 2.24) is 4.31 Å². The SMILES string of the molecule is COC(=O)c1cccc(S(=O)(=O)N2CCC[C@H]2c2ccc(C)cc2)c1. The van der Waals surface area contributed by atoms with Crippen molar-refractivity contribution in [2.24, 2.45) is 0 Å². The van der Waals surface area contributed by atoms with Crippen LogP contribution in [0.15, 0.2) is 53.4 Å². The largest absolute Gasteiger partial charge is 0.465 e. The summed E-state index contributed by atoms with van der Waals surface area (Å²) in [5.74, 6) is -0.548. The summed E-state index contributed by atoms with van der Waals surface area (Å²) in [6.45, 7) is 2.48. The van der Waals surface area contributed by atoms with E-state index in [1.807, 2.05) is 31.2 Å². The number of rotatable bonds is 4. The number of aryl methyl sites for hydroxylation is 1. The number of hydrogen-bond donors (Lipinski definition) is 0. The third-order valence-electron chi connectivity index (χ3n) is 4.53. The second-order valence-electron chi connectivity index (χ2n) is 6.20. The Balaban J connectivity index is 1.96. The van der Waals surface area contributed by atoms with Crippen LogP contribution in [0.2, 0.25) is 0 Å². The number of sulfonamides is 1. The molecule has 1 aliphatic rings. The lowest BCUT2D eigenvalue weighted by Crippen LogP contribution is -2.30.